The molecule has 1 unspecified atom stereocenters. The average Bonchev–Trinajstić information content (AvgIpc) is 3.27. The Hall–Kier alpha value is -2.02. The normalized spacial score (nSPS) is 19.4. The molecule has 3 heterocycles. The molecule has 0 saturated carbocycles. The van der Waals surface area contributed by atoms with Crippen LogP contribution in [0.4, 0.5) is 0 Å². The van der Waals surface area contributed by atoms with Crippen molar-refractivity contribution in [3.05, 3.63) is 43.3 Å². The summed E-state index contributed by atoms with van der Waals surface area (Å²) >= 11 is 1.45. The van der Waals surface area contributed by atoms with Crippen molar-refractivity contribution in [3.8, 4) is 0 Å². The van der Waals surface area contributed by atoms with Gasteiger partial charge in [0.2, 0.25) is 0 Å². The van der Waals surface area contributed by atoms with Gasteiger partial charge in [-0.3, -0.25) is 9.59 Å². The van der Waals surface area contributed by atoms with Crippen molar-refractivity contribution in [1.82, 2.24) is 19.7 Å². The van der Waals surface area contributed by atoms with Crippen molar-refractivity contribution in [2.24, 2.45) is 0 Å². The van der Waals surface area contributed by atoms with E-state index < -0.39 is 0 Å². The number of carbonyl (C=O) groups is 1. The number of hydrogen-bond donors (Lipinski definition) is 0. The fraction of sp³-hybridized carbons (Fsp3) is 0.556. The van der Waals surface area contributed by atoms with Gasteiger partial charge in [-0.2, -0.15) is 5.10 Å². The van der Waals surface area contributed by atoms with E-state index in [2.05, 4.69) is 10.1 Å². The molecule has 1 atom stereocenters. The molecule has 132 valence electrons. The number of amides is 1. The van der Waals surface area contributed by atoms with E-state index in [-0.39, 0.29) is 17.5 Å². The smallest absolute Gasteiger partial charge is 0.267 e. The Balaban J connectivity index is 1.57. The van der Waals surface area contributed by atoms with Gasteiger partial charge < -0.3 is 4.90 Å². The summed E-state index contributed by atoms with van der Waals surface area (Å²) < 4.78 is 1.56. The van der Waals surface area contributed by atoms with Crippen LogP contribution in [-0.2, 0) is 19.4 Å². The first-order valence-corrected chi connectivity index (χ1v) is 9.69. The Labute approximate surface area is 150 Å². The number of thiazole rings is 1. The summed E-state index contributed by atoms with van der Waals surface area (Å²) in [5.74, 6) is 0.0415. The van der Waals surface area contributed by atoms with E-state index in [0.717, 1.165) is 65.5 Å². The van der Waals surface area contributed by atoms with Gasteiger partial charge in [0.25, 0.3) is 11.5 Å². The number of rotatable bonds is 3. The van der Waals surface area contributed by atoms with Gasteiger partial charge in [-0.25, -0.2) is 9.67 Å². The molecular weight excluding hydrogens is 336 g/mol. The van der Waals surface area contributed by atoms with Crippen LogP contribution in [0.3, 0.4) is 0 Å². The fourth-order valence-corrected chi connectivity index (χ4v) is 4.80. The predicted octanol–water partition coefficient (Wildman–Crippen LogP) is 2.11. The van der Waals surface area contributed by atoms with Gasteiger partial charge in [0, 0.05) is 12.6 Å². The summed E-state index contributed by atoms with van der Waals surface area (Å²) in [5.41, 5.74) is 2.89. The Morgan fingerprint density at radius 3 is 2.92 bits per heavy atom. The van der Waals surface area contributed by atoms with Crippen molar-refractivity contribution in [1.29, 1.82) is 0 Å². The molecule has 1 amide bonds. The van der Waals surface area contributed by atoms with Crippen LogP contribution in [-0.4, -0.2) is 38.2 Å². The molecule has 0 radical (unpaired) electrons. The van der Waals surface area contributed by atoms with Gasteiger partial charge in [0.15, 0.2) is 0 Å². The zero-order chi connectivity index (χ0) is 17.6. The highest BCUT2D eigenvalue weighted by atomic mass is 32.1. The first-order chi connectivity index (χ1) is 12.0. The van der Waals surface area contributed by atoms with Crippen LogP contribution in [0.2, 0.25) is 0 Å². The number of aryl methyl sites for hydroxylation is 4. The Morgan fingerprint density at radius 1 is 1.32 bits per heavy atom. The van der Waals surface area contributed by atoms with Crippen LogP contribution < -0.4 is 5.56 Å². The summed E-state index contributed by atoms with van der Waals surface area (Å²) in [6.45, 7) is 5.02. The Bertz CT molecular complexity index is 886. The predicted molar refractivity (Wildman–Crippen MR) is 96.2 cm³/mol. The van der Waals surface area contributed by atoms with Gasteiger partial charge in [0.1, 0.15) is 4.88 Å². The van der Waals surface area contributed by atoms with Crippen LogP contribution in [0.15, 0.2) is 10.9 Å². The maximum atomic E-state index is 12.9. The van der Waals surface area contributed by atoms with E-state index in [0.29, 0.717) is 6.54 Å². The number of carbonyl (C=O) groups excluding carboxylic acids is 1. The molecule has 0 aromatic carbocycles. The number of fused-ring (bicyclic) bond motifs is 1. The zero-order valence-corrected chi connectivity index (χ0v) is 15.4. The summed E-state index contributed by atoms with van der Waals surface area (Å²) in [7, 11) is 0. The molecule has 1 fully saturated rings. The van der Waals surface area contributed by atoms with Gasteiger partial charge in [-0.15, -0.1) is 11.3 Å². The van der Waals surface area contributed by atoms with Crippen LogP contribution in [0.25, 0.3) is 0 Å². The van der Waals surface area contributed by atoms with E-state index >= 15 is 0 Å². The second-order valence-electron chi connectivity index (χ2n) is 6.93. The largest absolute Gasteiger partial charge is 0.333 e. The first-order valence-electron chi connectivity index (χ1n) is 8.88. The van der Waals surface area contributed by atoms with E-state index in [1.54, 1.807) is 10.7 Å². The molecule has 7 heteroatoms. The lowest BCUT2D eigenvalue weighted by atomic mass is 10.2. The van der Waals surface area contributed by atoms with E-state index in [1.807, 2.05) is 18.7 Å². The third-order valence-electron chi connectivity index (χ3n) is 5.14. The molecule has 4 rings (SSSR count). The van der Waals surface area contributed by atoms with Crippen LogP contribution in [0.1, 0.15) is 50.9 Å². The maximum Gasteiger partial charge on any atom is 0.267 e. The molecule has 2 aromatic rings. The quantitative estimate of drug-likeness (QED) is 0.843. The lowest BCUT2D eigenvalue weighted by Gasteiger charge is -2.24. The van der Waals surface area contributed by atoms with E-state index in [1.165, 1.54) is 11.3 Å². The van der Waals surface area contributed by atoms with Gasteiger partial charge >= 0.3 is 0 Å². The van der Waals surface area contributed by atoms with Crippen LogP contribution in [0, 0.1) is 13.8 Å². The fourth-order valence-electron chi connectivity index (χ4n) is 3.92. The lowest BCUT2D eigenvalue weighted by molar-refractivity contribution is 0.0724. The van der Waals surface area contributed by atoms with Gasteiger partial charge in [-0.05, 0) is 51.5 Å². The topological polar surface area (TPSA) is 68.1 Å². The van der Waals surface area contributed by atoms with Crippen molar-refractivity contribution in [3.63, 3.8) is 0 Å². The second-order valence-corrected chi connectivity index (χ2v) is 8.14. The molecular formula is C18H22N4O2S. The molecule has 0 bridgehead atoms. The number of hydrogen-bond acceptors (Lipinski definition) is 5. The summed E-state index contributed by atoms with van der Waals surface area (Å²) in [6, 6.07) is 1.76. The minimum Gasteiger partial charge on any atom is -0.333 e. The Kier molecular flexibility index (Phi) is 4.19. The standard InChI is InChI=1S/C18H22N4O2S/c1-11-17(25-12(2)19-11)18(24)21-8-4-6-14(21)10-22-16(23)9-13-5-3-7-15(13)20-22/h9,14H,3-8,10H2,1-2H3. The number of nitrogens with zero attached hydrogens (tertiary/aromatic N) is 4. The maximum absolute atomic E-state index is 12.9. The van der Waals surface area contributed by atoms with Crippen molar-refractivity contribution in [2.45, 2.75) is 58.5 Å². The lowest BCUT2D eigenvalue weighted by Crippen LogP contribution is -2.40. The summed E-state index contributed by atoms with van der Waals surface area (Å²) in [4.78, 5) is 32.3. The molecule has 6 nitrogen and oxygen atoms in total. The van der Waals surface area contributed by atoms with E-state index in [9.17, 15) is 9.59 Å². The highest BCUT2D eigenvalue weighted by Gasteiger charge is 2.32. The number of aromatic nitrogens is 3. The molecule has 25 heavy (non-hydrogen) atoms. The van der Waals surface area contributed by atoms with Crippen molar-refractivity contribution >= 4 is 17.2 Å². The van der Waals surface area contributed by atoms with Crippen LogP contribution >= 0.6 is 11.3 Å². The average molecular weight is 358 g/mol. The molecule has 0 spiro atoms. The molecule has 1 aliphatic carbocycles. The third kappa shape index (κ3) is 3.01. The minimum atomic E-state index is -0.0511. The highest BCUT2D eigenvalue weighted by molar-refractivity contribution is 7.13. The SMILES string of the molecule is Cc1nc(C)c(C(=O)N2CCCC2Cn2nc3c(cc2=O)CCC3)s1. The highest BCUT2D eigenvalue weighted by Crippen LogP contribution is 2.26. The van der Waals surface area contributed by atoms with Crippen molar-refractivity contribution in [2.75, 3.05) is 6.54 Å². The van der Waals surface area contributed by atoms with Crippen LogP contribution in [0.5, 0.6) is 0 Å². The molecule has 1 aliphatic heterocycles. The summed E-state index contributed by atoms with van der Waals surface area (Å²) in [5, 5.41) is 5.47. The van der Waals surface area contributed by atoms with Gasteiger partial charge in [0.05, 0.1) is 29.0 Å². The Morgan fingerprint density at radius 2 is 2.16 bits per heavy atom. The third-order valence-corrected chi connectivity index (χ3v) is 6.20. The molecule has 1 saturated heterocycles. The molecule has 2 aliphatic rings. The number of likely N-dealkylation sites (tertiary alicyclic amines) is 1. The molecule has 0 N–H and O–H groups in total. The zero-order valence-electron chi connectivity index (χ0n) is 14.6. The van der Waals surface area contributed by atoms with E-state index in [4.69, 9.17) is 0 Å². The first kappa shape index (κ1) is 16.4. The summed E-state index contributed by atoms with van der Waals surface area (Å²) in [6.07, 6.45) is 4.85. The second kappa shape index (κ2) is 6.37. The minimum absolute atomic E-state index is 0.0268. The van der Waals surface area contributed by atoms with Gasteiger partial charge in [-0.1, -0.05) is 0 Å². The molecule has 2 aromatic heterocycles. The van der Waals surface area contributed by atoms with Crippen molar-refractivity contribution < 1.29 is 4.79 Å². The monoisotopic (exact) mass is 358 g/mol.